The maximum Gasteiger partial charge on any atom is 0.416 e. The molecule has 0 unspecified atom stereocenters. The predicted octanol–water partition coefficient (Wildman–Crippen LogP) is 4.90. The standard InChI is InChI=1S/C22H17F3N2O2S/c23-22(24,25)17-7-4-9-19(14-17)30(28,29)27-18-8-3-6-16(13-18)21-20-10-2-1-5-15(20)11-12-26-21/h1-10,13-14,27H,11-12H2. The lowest BCUT2D eigenvalue weighted by Gasteiger charge is -2.18. The Bertz CT molecular complexity index is 1230. The molecule has 1 N–H and O–H groups in total. The lowest BCUT2D eigenvalue weighted by Crippen LogP contribution is -2.16. The molecule has 1 heterocycles. The van der Waals surface area contributed by atoms with Crippen LogP contribution in [0.1, 0.15) is 22.3 Å². The first-order chi connectivity index (χ1) is 14.2. The van der Waals surface area contributed by atoms with Crippen LogP contribution in [0.3, 0.4) is 0 Å². The Labute approximate surface area is 172 Å². The first-order valence-electron chi connectivity index (χ1n) is 9.17. The maximum atomic E-state index is 12.9. The molecule has 0 aliphatic carbocycles. The fourth-order valence-electron chi connectivity index (χ4n) is 3.37. The van der Waals surface area contributed by atoms with E-state index in [0.29, 0.717) is 12.6 Å². The quantitative estimate of drug-likeness (QED) is 0.640. The highest BCUT2D eigenvalue weighted by molar-refractivity contribution is 7.92. The number of hydrogen-bond donors (Lipinski definition) is 1. The van der Waals surface area contributed by atoms with Crippen LogP contribution in [-0.2, 0) is 22.6 Å². The summed E-state index contributed by atoms with van der Waals surface area (Å²) in [6, 6.07) is 18.2. The van der Waals surface area contributed by atoms with Crippen LogP contribution < -0.4 is 4.72 Å². The van der Waals surface area contributed by atoms with E-state index in [1.165, 1.54) is 0 Å². The van der Waals surface area contributed by atoms with Gasteiger partial charge in [0.1, 0.15) is 0 Å². The summed E-state index contributed by atoms with van der Waals surface area (Å²) in [5.74, 6) is 0. The minimum Gasteiger partial charge on any atom is -0.284 e. The summed E-state index contributed by atoms with van der Waals surface area (Å²) >= 11 is 0. The molecule has 0 amide bonds. The summed E-state index contributed by atoms with van der Waals surface area (Å²) in [5, 5.41) is 0. The maximum absolute atomic E-state index is 12.9. The van der Waals surface area contributed by atoms with Gasteiger partial charge in [0, 0.05) is 23.4 Å². The van der Waals surface area contributed by atoms with Crippen molar-refractivity contribution in [2.75, 3.05) is 11.3 Å². The summed E-state index contributed by atoms with van der Waals surface area (Å²) in [6.07, 6.45) is -3.79. The van der Waals surface area contributed by atoms with E-state index in [0.717, 1.165) is 47.0 Å². The molecule has 0 fully saturated rings. The van der Waals surface area contributed by atoms with Crippen molar-refractivity contribution in [1.29, 1.82) is 0 Å². The summed E-state index contributed by atoms with van der Waals surface area (Å²) in [6.45, 7) is 0.631. The number of aliphatic imine (C=N–C) groups is 1. The van der Waals surface area contributed by atoms with E-state index >= 15 is 0 Å². The second kappa shape index (κ2) is 7.60. The zero-order chi connectivity index (χ0) is 21.4. The Hall–Kier alpha value is -3.13. The monoisotopic (exact) mass is 430 g/mol. The molecule has 1 aliphatic rings. The zero-order valence-corrected chi connectivity index (χ0v) is 16.5. The predicted molar refractivity (Wildman–Crippen MR) is 109 cm³/mol. The van der Waals surface area contributed by atoms with Crippen molar-refractivity contribution in [2.45, 2.75) is 17.5 Å². The van der Waals surface area contributed by atoms with Crippen LogP contribution in [0.5, 0.6) is 0 Å². The molecule has 0 spiro atoms. The minimum absolute atomic E-state index is 0.246. The highest BCUT2D eigenvalue weighted by atomic mass is 32.2. The number of benzene rings is 3. The molecule has 1 aliphatic heterocycles. The van der Waals surface area contributed by atoms with Gasteiger partial charge >= 0.3 is 6.18 Å². The van der Waals surface area contributed by atoms with E-state index in [1.54, 1.807) is 18.2 Å². The number of halogens is 3. The van der Waals surface area contributed by atoms with Gasteiger partial charge in [-0.05, 0) is 42.3 Å². The summed E-state index contributed by atoms with van der Waals surface area (Å²) < 4.78 is 66.5. The number of hydrogen-bond acceptors (Lipinski definition) is 3. The number of nitrogens with one attached hydrogen (secondary N) is 1. The molecule has 0 bridgehead atoms. The third-order valence-electron chi connectivity index (χ3n) is 4.78. The van der Waals surface area contributed by atoms with E-state index in [-0.39, 0.29) is 5.69 Å². The molecule has 3 aromatic carbocycles. The fourth-order valence-corrected chi connectivity index (χ4v) is 4.47. The number of anilines is 1. The van der Waals surface area contributed by atoms with Crippen molar-refractivity contribution < 1.29 is 21.6 Å². The van der Waals surface area contributed by atoms with Gasteiger partial charge in [0.15, 0.2) is 0 Å². The van der Waals surface area contributed by atoms with Crippen molar-refractivity contribution >= 4 is 21.4 Å². The number of fused-ring (bicyclic) bond motifs is 1. The number of nitrogens with zero attached hydrogens (tertiary/aromatic N) is 1. The first-order valence-corrected chi connectivity index (χ1v) is 10.7. The SMILES string of the molecule is O=S(=O)(Nc1cccc(C2=NCCc3ccccc32)c1)c1cccc(C(F)(F)F)c1. The van der Waals surface area contributed by atoms with Crippen LogP contribution >= 0.6 is 0 Å². The molecule has 3 aromatic rings. The van der Waals surface area contributed by atoms with Gasteiger partial charge in [-0.15, -0.1) is 0 Å². The molecule has 4 nitrogen and oxygen atoms in total. The van der Waals surface area contributed by atoms with Crippen LogP contribution in [0.15, 0.2) is 82.7 Å². The molecule has 4 rings (SSSR count). The molecule has 154 valence electrons. The second-order valence-electron chi connectivity index (χ2n) is 6.85. The fraction of sp³-hybridized carbons (Fsp3) is 0.136. The Morgan fingerprint density at radius 2 is 1.67 bits per heavy atom. The molecule has 0 aromatic heterocycles. The summed E-state index contributed by atoms with van der Waals surface area (Å²) in [7, 11) is -4.19. The third kappa shape index (κ3) is 4.09. The Kier molecular flexibility index (Phi) is 5.11. The van der Waals surface area contributed by atoms with Crippen LogP contribution in [0.25, 0.3) is 0 Å². The number of sulfonamides is 1. The van der Waals surface area contributed by atoms with Crippen LogP contribution in [0.2, 0.25) is 0 Å². The van der Waals surface area contributed by atoms with Gasteiger partial charge in [0.05, 0.1) is 16.2 Å². The van der Waals surface area contributed by atoms with Crippen LogP contribution in [0, 0.1) is 0 Å². The van der Waals surface area contributed by atoms with E-state index in [4.69, 9.17) is 0 Å². The van der Waals surface area contributed by atoms with Gasteiger partial charge < -0.3 is 0 Å². The van der Waals surface area contributed by atoms with Crippen molar-refractivity contribution in [3.05, 3.63) is 95.1 Å². The largest absolute Gasteiger partial charge is 0.416 e. The topological polar surface area (TPSA) is 58.5 Å². The Balaban J connectivity index is 1.65. The van der Waals surface area contributed by atoms with Crippen LogP contribution in [-0.4, -0.2) is 20.7 Å². The molecule has 0 atom stereocenters. The molecule has 0 saturated heterocycles. The highest BCUT2D eigenvalue weighted by Crippen LogP contribution is 2.31. The summed E-state index contributed by atoms with van der Waals surface area (Å²) in [5.41, 5.74) is 2.87. The highest BCUT2D eigenvalue weighted by Gasteiger charge is 2.31. The van der Waals surface area contributed by atoms with E-state index in [1.807, 2.05) is 30.3 Å². The lowest BCUT2D eigenvalue weighted by atomic mass is 9.93. The zero-order valence-electron chi connectivity index (χ0n) is 15.6. The lowest BCUT2D eigenvalue weighted by molar-refractivity contribution is -0.137. The van der Waals surface area contributed by atoms with Crippen molar-refractivity contribution in [2.24, 2.45) is 4.99 Å². The van der Waals surface area contributed by atoms with Gasteiger partial charge in [-0.3, -0.25) is 9.71 Å². The molecule has 30 heavy (non-hydrogen) atoms. The van der Waals surface area contributed by atoms with Crippen molar-refractivity contribution in [3.8, 4) is 0 Å². The molecular weight excluding hydrogens is 413 g/mol. The number of rotatable bonds is 4. The smallest absolute Gasteiger partial charge is 0.284 e. The van der Waals surface area contributed by atoms with E-state index in [9.17, 15) is 21.6 Å². The molecular formula is C22H17F3N2O2S. The van der Waals surface area contributed by atoms with Crippen molar-refractivity contribution in [1.82, 2.24) is 0 Å². The van der Waals surface area contributed by atoms with Gasteiger partial charge in [-0.25, -0.2) is 8.42 Å². The van der Waals surface area contributed by atoms with Crippen LogP contribution in [0.4, 0.5) is 18.9 Å². The summed E-state index contributed by atoms with van der Waals surface area (Å²) in [4.78, 5) is 4.13. The first kappa shape index (κ1) is 20.2. The molecule has 0 radical (unpaired) electrons. The van der Waals surface area contributed by atoms with Gasteiger partial charge in [-0.1, -0.05) is 42.5 Å². The van der Waals surface area contributed by atoms with Gasteiger partial charge in [-0.2, -0.15) is 13.2 Å². The van der Waals surface area contributed by atoms with Gasteiger partial charge in [0.2, 0.25) is 0 Å². The molecule has 8 heteroatoms. The third-order valence-corrected chi connectivity index (χ3v) is 6.16. The normalized spacial score (nSPS) is 14.0. The average Bonchev–Trinajstić information content (AvgIpc) is 2.73. The molecule has 0 saturated carbocycles. The number of alkyl halides is 3. The van der Waals surface area contributed by atoms with Crippen molar-refractivity contribution in [3.63, 3.8) is 0 Å². The van der Waals surface area contributed by atoms with E-state index < -0.39 is 26.7 Å². The Morgan fingerprint density at radius 3 is 2.47 bits per heavy atom. The minimum atomic E-state index is -4.63. The average molecular weight is 430 g/mol. The Morgan fingerprint density at radius 1 is 0.900 bits per heavy atom. The van der Waals surface area contributed by atoms with E-state index in [2.05, 4.69) is 9.71 Å². The van der Waals surface area contributed by atoms with Gasteiger partial charge in [0.25, 0.3) is 10.0 Å². The second-order valence-corrected chi connectivity index (χ2v) is 8.53.